The van der Waals surface area contributed by atoms with E-state index >= 15 is 4.39 Å². The van der Waals surface area contributed by atoms with Gasteiger partial charge in [-0.25, -0.2) is 8.96 Å². The molecule has 1 unspecified atom stereocenters. The fraction of sp³-hybridized carbons (Fsp3) is 0.478. The molecule has 2 aliphatic rings. The minimum atomic E-state index is -4.25. The average molecular weight is 527 g/mol. The number of nitrogens with one attached hydrogen (secondary N) is 2. The summed E-state index contributed by atoms with van der Waals surface area (Å²) in [7, 11) is -4.25. The van der Waals surface area contributed by atoms with Gasteiger partial charge in [0.1, 0.15) is 29.8 Å². The maximum Gasteiger partial charge on any atom is 0.459 e. The molecular formula is C23H31FN3O8P. The van der Waals surface area contributed by atoms with Crippen molar-refractivity contribution in [1.29, 1.82) is 0 Å². The second kappa shape index (κ2) is 11.1. The van der Waals surface area contributed by atoms with Crippen molar-refractivity contribution in [3.05, 3.63) is 55.0 Å². The van der Waals surface area contributed by atoms with Crippen molar-refractivity contribution in [2.45, 2.75) is 63.9 Å². The molecule has 0 aliphatic carbocycles. The molecule has 3 rings (SSSR count). The van der Waals surface area contributed by atoms with Gasteiger partial charge in [-0.15, -0.1) is 0 Å². The number of nitrogens with zero attached hydrogens (tertiary/aromatic N) is 1. The van der Waals surface area contributed by atoms with Crippen LogP contribution in [-0.4, -0.2) is 64.7 Å². The van der Waals surface area contributed by atoms with E-state index in [1.807, 2.05) is 0 Å². The minimum absolute atomic E-state index is 0.0578. The summed E-state index contributed by atoms with van der Waals surface area (Å²) in [6, 6.07) is 7.01. The number of carbonyl (C=O) groups excluding carboxylic acids is 2. The zero-order chi connectivity index (χ0) is 26.7. The van der Waals surface area contributed by atoms with Crippen molar-refractivity contribution in [3.63, 3.8) is 0 Å². The Bertz CT molecular complexity index is 1050. The molecule has 0 radical (unpaired) electrons. The van der Waals surface area contributed by atoms with Gasteiger partial charge < -0.3 is 29.3 Å². The van der Waals surface area contributed by atoms with Gasteiger partial charge in [-0.3, -0.25) is 14.1 Å². The Labute approximate surface area is 208 Å². The van der Waals surface area contributed by atoms with E-state index in [0.29, 0.717) is 0 Å². The van der Waals surface area contributed by atoms with Crippen LogP contribution in [0.4, 0.5) is 4.39 Å². The maximum absolute atomic E-state index is 15.5. The lowest BCUT2D eigenvalue weighted by molar-refractivity contribution is -0.149. The molecule has 0 bridgehead atoms. The number of ether oxygens (including phenoxy) is 2. The van der Waals surface area contributed by atoms with Gasteiger partial charge in [0.2, 0.25) is 0 Å². The number of rotatable bonds is 10. The number of amides is 1. The predicted molar refractivity (Wildman–Crippen MR) is 127 cm³/mol. The van der Waals surface area contributed by atoms with Crippen molar-refractivity contribution in [2.75, 3.05) is 6.61 Å². The quantitative estimate of drug-likeness (QED) is 0.307. The number of benzene rings is 1. The number of aliphatic hydroxyl groups is 1. The van der Waals surface area contributed by atoms with Crippen molar-refractivity contribution in [2.24, 2.45) is 0 Å². The first-order chi connectivity index (χ1) is 16.8. The normalized spacial score (nSPS) is 28.5. The molecule has 2 aliphatic heterocycles. The number of halogens is 1. The highest BCUT2D eigenvalue weighted by Crippen LogP contribution is 2.46. The first-order valence-electron chi connectivity index (χ1n) is 11.3. The van der Waals surface area contributed by atoms with Crippen molar-refractivity contribution >= 4 is 19.6 Å². The third kappa shape index (κ3) is 6.51. The zero-order valence-electron chi connectivity index (χ0n) is 20.4. The molecule has 13 heteroatoms. The summed E-state index contributed by atoms with van der Waals surface area (Å²) in [6.45, 7) is 9.00. The Hall–Kier alpha value is -2.76. The van der Waals surface area contributed by atoms with Gasteiger partial charge in [-0.2, -0.15) is 5.09 Å². The molecule has 1 fully saturated rings. The molecule has 6 atom stereocenters. The van der Waals surface area contributed by atoms with Crippen LogP contribution in [0.2, 0.25) is 0 Å². The van der Waals surface area contributed by atoms with E-state index in [0.717, 1.165) is 13.0 Å². The third-order valence-corrected chi connectivity index (χ3v) is 7.01. The molecule has 0 spiro atoms. The summed E-state index contributed by atoms with van der Waals surface area (Å²) in [5.74, 6) is -0.881. The molecule has 2 heterocycles. The van der Waals surface area contributed by atoms with E-state index in [1.54, 1.807) is 32.0 Å². The fourth-order valence-corrected chi connectivity index (χ4v) is 5.06. The number of hydrogen-bond donors (Lipinski definition) is 3. The Morgan fingerprint density at radius 3 is 2.64 bits per heavy atom. The monoisotopic (exact) mass is 527 g/mol. The molecule has 1 aromatic rings. The molecule has 3 N–H and O–H groups in total. The van der Waals surface area contributed by atoms with Crippen molar-refractivity contribution in [1.82, 2.24) is 15.3 Å². The van der Waals surface area contributed by atoms with Gasteiger partial charge >= 0.3 is 13.7 Å². The highest BCUT2D eigenvalue weighted by atomic mass is 31.2. The number of hydrogen-bond acceptors (Lipinski definition) is 9. The standard InChI is InChI=1S/C23H31FN3O8P/c1-14(2)33-21(30)15(3)26-36(31,35-17-9-7-6-8-10-17)32-13-18-20(29)23(5,24)22(34-18)27-12-11-19(28)25-16(27)4/h6-12,14-15,18,20,22,29H,4,13H2,1-3,5H3,(H,25,28)(H,26,31)/t15-,18?,20-,22-,23-,36-/m1/s1. The number of esters is 1. The van der Waals surface area contributed by atoms with Crippen LogP contribution in [0, 0.1) is 0 Å². The van der Waals surface area contributed by atoms with E-state index in [9.17, 15) is 19.3 Å². The molecule has 36 heavy (non-hydrogen) atoms. The Morgan fingerprint density at radius 1 is 1.36 bits per heavy atom. The molecule has 11 nitrogen and oxygen atoms in total. The molecule has 1 aromatic carbocycles. The van der Waals surface area contributed by atoms with Crippen molar-refractivity contribution in [3.8, 4) is 5.75 Å². The topological polar surface area (TPSA) is 136 Å². The van der Waals surface area contributed by atoms with E-state index < -0.39 is 62.5 Å². The second-order valence-corrected chi connectivity index (χ2v) is 10.5. The van der Waals surface area contributed by atoms with Gasteiger partial charge in [0.05, 0.1) is 12.7 Å². The Morgan fingerprint density at radius 2 is 2.03 bits per heavy atom. The minimum Gasteiger partial charge on any atom is -0.462 e. The first kappa shape index (κ1) is 27.8. The van der Waals surface area contributed by atoms with E-state index in [4.69, 9.17) is 18.5 Å². The van der Waals surface area contributed by atoms with Crippen LogP contribution in [0.15, 0.2) is 55.0 Å². The van der Waals surface area contributed by atoms with E-state index in [1.165, 1.54) is 30.2 Å². The SMILES string of the molecule is C=C1NC(=O)C=CN1[C@@H]1OC(CO[P@](=O)(N[C@H](C)C(=O)OC(C)C)Oc2ccccc2)[C@@H](O)[C@@]1(C)F. The molecule has 1 amide bonds. The van der Waals surface area contributed by atoms with Crippen molar-refractivity contribution < 1.29 is 42.2 Å². The van der Waals surface area contributed by atoms with Crippen LogP contribution >= 0.6 is 7.75 Å². The Balaban J connectivity index is 1.76. The van der Waals surface area contributed by atoms with Gasteiger partial charge in [0.15, 0.2) is 11.9 Å². The lowest BCUT2D eigenvalue weighted by Gasteiger charge is -2.35. The summed E-state index contributed by atoms with van der Waals surface area (Å²) in [4.78, 5) is 25.0. The first-order valence-corrected chi connectivity index (χ1v) is 12.8. The van der Waals surface area contributed by atoms with Crippen LogP contribution in [0.5, 0.6) is 5.75 Å². The molecule has 198 valence electrons. The van der Waals surface area contributed by atoms with Gasteiger partial charge in [-0.1, -0.05) is 24.8 Å². The predicted octanol–water partition coefficient (Wildman–Crippen LogP) is 2.35. The van der Waals surface area contributed by atoms with Gasteiger partial charge in [0.25, 0.3) is 5.91 Å². The summed E-state index contributed by atoms with van der Waals surface area (Å²) in [6.07, 6.45) is -2.30. The third-order valence-electron chi connectivity index (χ3n) is 5.37. The van der Waals surface area contributed by atoms with Crippen LogP contribution in [-0.2, 0) is 28.2 Å². The highest BCUT2D eigenvalue weighted by Gasteiger charge is 2.57. The second-order valence-electron chi connectivity index (χ2n) is 8.82. The fourth-order valence-electron chi connectivity index (χ4n) is 3.56. The Kier molecular flexibility index (Phi) is 8.58. The van der Waals surface area contributed by atoms with E-state index in [2.05, 4.69) is 17.0 Å². The van der Waals surface area contributed by atoms with Crippen LogP contribution in [0.25, 0.3) is 0 Å². The number of para-hydroxylation sites is 1. The largest absolute Gasteiger partial charge is 0.462 e. The molecule has 0 saturated carbocycles. The maximum atomic E-state index is 15.5. The lowest BCUT2D eigenvalue weighted by atomic mass is 9.98. The van der Waals surface area contributed by atoms with Gasteiger partial charge in [-0.05, 0) is 39.8 Å². The lowest BCUT2D eigenvalue weighted by Crippen LogP contribution is -2.51. The highest BCUT2D eigenvalue weighted by molar-refractivity contribution is 7.52. The number of aliphatic hydroxyl groups excluding tert-OH is 1. The summed E-state index contributed by atoms with van der Waals surface area (Å²) in [5.41, 5.74) is -2.32. The summed E-state index contributed by atoms with van der Waals surface area (Å²) >= 11 is 0. The average Bonchev–Trinajstić information content (AvgIpc) is 3.01. The number of carbonyl (C=O) groups is 2. The smallest absolute Gasteiger partial charge is 0.459 e. The molecule has 0 aromatic heterocycles. The molecule has 1 saturated heterocycles. The van der Waals surface area contributed by atoms with Gasteiger partial charge in [0, 0.05) is 12.3 Å². The van der Waals surface area contributed by atoms with Crippen LogP contribution in [0.1, 0.15) is 27.7 Å². The zero-order valence-corrected chi connectivity index (χ0v) is 21.3. The summed E-state index contributed by atoms with van der Waals surface area (Å²) in [5, 5.41) is 15.6. The molecular weight excluding hydrogens is 496 g/mol. The van der Waals surface area contributed by atoms with Crippen LogP contribution in [0.3, 0.4) is 0 Å². The van der Waals surface area contributed by atoms with Crippen LogP contribution < -0.4 is 14.9 Å². The van der Waals surface area contributed by atoms with E-state index in [-0.39, 0.29) is 11.6 Å². The summed E-state index contributed by atoms with van der Waals surface area (Å²) < 4.78 is 51.0. The number of alkyl halides is 1.